The molecule has 0 bridgehead atoms. The van der Waals surface area contributed by atoms with E-state index in [1.54, 1.807) is 0 Å². The first kappa shape index (κ1) is 16.0. The summed E-state index contributed by atoms with van der Waals surface area (Å²) >= 11 is 0. The van der Waals surface area contributed by atoms with Crippen molar-refractivity contribution in [2.75, 3.05) is 6.61 Å². The molecule has 0 unspecified atom stereocenters. The van der Waals surface area contributed by atoms with Gasteiger partial charge in [0.25, 0.3) is 0 Å². The second kappa shape index (κ2) is 5.36. The van der Waals surface area contributed by atoms with Gasteiger partial charge >= 0.3 is 7.12 Å². The van der Waals surface area contributed by atoms with Crippen LogP contribution in [0.25, 0.3) is 0 Å². The molecule has 4 heteroatoms. The smallest absolute Gasteiger partial charge is 0.403 e. The number of rotatable bonds is 5. The zero-order valence-electron chi connectivity index (χ0n) is 14.4. The summed E-state index contributed by atoms with van der Waals surface area (Å²) in [5, 5.41) is 0. The summed E-state index contributed by atoms with van der Waals surface area (Å²) in [5.41, 5.74) is 0.910. The Morgan fingerprint density at radius 2 is 1.64 bits per heavy atom. The molecule has 1 aromatic rings. The van der Waals surface area contributed by atoms with Crippen molar-refractivity contribution < 1.29 is 14.0 Å². The fourth-order valence-corrected chi connectivity index (χ4v) is 3.06. The van der Waals surface area contributed by atoms with E-state index in [4.69, 9.17) is 14.0 Å². The van der Waals surface area contributed by atoms with Gasteiger partial charge < -0.3 is 14.0 Å². The number of hydrogen-bond acceptors (Lipinski definition) is 3. The minimum Gasteiger partial charge on any atom is -0.403 e. The van der Waals surface area contributed by atoms with Gasteiger partial charge in [0, 0.05) is 5.82 Å². The van der Waals surface area contributed by atoms with E-state index >= 15 is 0 Å². The van der Waals surface area contributed by atoms with E-state index in [0.29, 0.717) is 12.4 Å². The number of ether oxygens (including phenoxy) is 1. The van der Waals surface area contributed by atoms with E-state index in [-0.39, 0.29) is 23.7 Å². The Morgan fingerprint density at radius 3 is 2.23 bits per heavy atom. The monoisotopic (exact) mass is 302 g/mol. The Labute approximate surface area is 134 Å². The molecule has 0 spiro atoms. The minimum absolute atomic E-state index is 0.102. The van der Waals surface area contributed by atoms with Gasteiger partial charge in [0.05, 0.1) is 24.4 Å². The van der Waals surface area contributed by atoms with Crippen LogP contribution in [0, 0.1) is 5.41 Å². The molecular weight excluding hydrogens is 275 g/mol. The van der Waals surface area contributed by atoms with Gasteiger partial charge in [0.1, 0.15) is 0 Å². The SMILES string of the molecule is CC1(C)OB([C@@H]2C[C@]2(C)COCc2ccccc2)OC1(C)C. The lowest BCUT2D eigenvalue weighted by atomic mass is 9.77. The molecule has 22 heavy (non-hydrogen) atoms. The summed E-state index contributed by atoms with van der Waals surface area (Å²) < 4.78 is 18.3. The van der Waals surface area contributed by atoms with Crippen LogP contribution in [0.15, 0.2) is 30.3 Å². The van der Waals surface area contributed by atoms with Crippen LogP contribution in [0.1, 0.15) is 46.6 Å². The van der Waals surface area contributed by atoms with Crippen molar-refractivity contribution in [2.24, 2.45) is 5.41 Å². The van der Waals surface area contributed by atoms with Crippen molar-refractivity contribution in [2.45, 2.75) is 64.7 Å². The van der Waals surface area contributed by atoms with Gasteiger partial charge in [0.2, 0.25) is 0 Å². The third-order valence-electron chi connectivity index (χ3n) is 5.56. The van der Waals surface area contributed by atoms with Gasteiger partial charge in [-0.25, -0.2) is 0 Å². The fourth-order valence-electron chi connectivity index (χ4n) is 3.06. The van der Waals surface area contributed by atoms with E-state index < -0.39 is 0 Å². The lowest BCUT2D eigenvalue weighted by Gasteiger charge is -2.32. The third-order valence-corrected chi connectivity index (χ3v) is 5.56. The highest BCUT2D eigenvalue weighted by Crippen LogP contribution is 2.62. The van der Waals surface area contributed by atoms with E-state index in [1.165, 1.54) is 5.56 Å². The van der Waals surface area contributed by atoms with Crippen molar-refractivity contribution in [3.63, 3.8) is 0 Å². The van der Waals surface area contributed by atoms with Crippen LogP contribution >= 0.6 is 0 Å². The highest BCUT2D eigenvalue weighted by molar-refractivity contribution is 6.49. The van der Waals surface area contributed by atoms with Crippen LogP contribution in [-0.2, 0) is 20.7 Å². The Morgan fingerprint density at radius 1 is 1.05 bits per heavy atom. The lowest BCUT2D eigenvalue weighted by molar-refractivity contribution is 0.00578. The molecule has 1 aliphatic heterocycles. The third kappa shape index (κ3) is 2.97. The lowest BCUT2D eigenvalue weighted by Crippen LogP contribution is -2.41. The molecule has 0 N–H and O–H groups in total. The summed E-state index contributed by atoms with van der Waals surface area (Å²) in [6, 6.07) is 10.3. The minimum atomic E-state index is -0.244. The Balaban J connectivity index is 1.51. The first-order chi connectivity index (χ1) is 10.2. The van der Waals surface area contributed by atoms with Crippen LogP contribution in [0.4, 0.5) is 0 Å². The fraction of sp³-hybridized carbons (Fsp3) is 0.667. The maximum atomic E-state index is 6.17. The second-order valence-electron chi connectivity index (χ2n) is 8.07. The largest absolute Gasteiger partial charge is 0.461 e. The van der Waals surface area contributed by atoms with Crippen LogP contribution in [-0.4, -0.2) is 24.9 Å². The van der Waals surface area contributed by atoms with Gasteiger partial charge in [-0.15, -0.1) is 0 Å². The standard InChI is InChI=1S/C18H27BO3/c1-16(2)17(3,4)22-19(21-16)15-11-18(15,5)13-20-12-14-9-7-6-8-10-14/h6-10,15H,11-13H2,1-5H3/t15-,18-/m1/s1. The zero-order chi connectivity index (χ0) is 16.0. The summed E-state index contributed by atoms with van der Waals surface area (Å²) in [4.78, 5) is 0. The van der Waals surface area contributed by atoms with Crippen molar-refractivity contribution >= 4 is 7.12 Å². The average Bonchev–Trinajstić information content (AvgIpc) is 3.04. The van der Waals surface area contributed by atoms with Crippen LogP contribution in [0.2, 0.25) is 5.82 Å². The molecule has 3 nitrogen and oxygen atoms in total. The molecule has 120 valence electrons. The van der Waals surface area contributed by atoms with Gasteiger partial charge in [-0.2, -0.15) is 0 Å². The van der Waals surface area contributed by atoms with Gasteiger partial charge in [-0.05, 0) is 45.1 Å². The number of benzene rings is 1. The molecule has 1 aromatic carbocycles. The molecule has 1 heterocycles. The Hall–Kier alpha value is -0.835. The van der Waals surface area contributed by atoms with Crippen LogP contribution in [0.3, 0.4) is 0 Å². The quantitative estimate of drug-likeness (QED) is 0.767. The predicted octanol–water partition coefficient (Wildman–Crippen LogP) is 4.08. The molecule has 1 saturated carbocycles. The topological polar surface area (TPSA) is 27.7 Å². The Kier molecular flexibility index (Phi) is 3.91. The molecule has 2 aliphatic rings. The highest BCUT2D eigenvalue weighted by Gasteiger charge is 2.64. The molecule has 0 aromatic heterocycles. The molecule has 2 atom stereocenters. The first-order valence-corrected chi connectivity index (χ1v) is 8.21. The van der Waals surface area contributed by atoms with Crippen molar-refractivity contribution in [1.82, 2.24) is 0 Å². The van der Waals surface area contributed by atoms with Crippen LogP contribution in [0.5, 0.6) is 0 Å². The summed E-state index contributed by atoms with van der Waals surface area (Å²) in [5.74, 6) is 0.435. The molecule has 0 radical (unpaired) electrons. The van der Waals surface area contributed by atoms with Crippen molar-refractivity contribution in [1.29, 1.82) is 0 Å². The van der Waals surface area contributed by atoms with E-state index in [1.807, 2.05) is 18.2 Å². The highest BCUT2D eigenvalue weighted by atomic mass is 16.7. The van der Waals surface area contributed by atoms with E-state index in [0.717, 1.165) is 13.0 Å². The average molecular weight is 302 g/mol. The normalized spacial score (nSPS) is 32.2. The summed E-state index contributed by atoms with van der Waals surface area (Å²) in [7, 11) is -0.102. The second-order valence-corrected chi connectivity index (χ2v) is 8.07. The van der Waals surface area contributed by atoms with Gasteiger partial charge in [-0.1, -0.05) is 37.3 Å². The zero-order valence-corrected chi connectivity index (χ0v) is 14.4. The van der Waals surface area contributed by atoms with Gasteiger partial charge in [0.15, 0.2) is 0 Å². The molecule has 1 aliphatic carbocycles. The molecule has 2 fully saturated rings. The van der Waals surface area contributed by atoms with Crippen LogP contribution < -0.4 is 0 Å². The van der Waals surface area contributed by atoms with E-state index in [9.17, 15) is 0 Å². The molecule has 1 saturated heterocycles. The first-order valence-electron chi connectivity index (χ1n) is 8.21. The number of hydrogen-bond donors (Lipinski definition) is 0. The maximum Gasteiger partial charge on any atom is 0.461 e. The van der Waals surface area contributed by atoms with Crippen molar-refractivity contribution in [3.8, 4) is 0 Å². The van der Waals surface area contributed by atoms with E-state index in [2.05, 4.69) is 46.8 Å². The van der Waals surface area contributed by atoms with Gasteiger partial charge in [-0.3, -0.25) is 0 Å². The molecular formula is C18H27BO3. The summed E-state index contributed by atoms with van der Waals surface area (Å²) in [6.07, 6.45) is 1.11. The Bertz CT molecular complexity index is 512. The summed E-state index contributed by atoms with van der Waals surface area (Å²) in [6.45, 7) is 12.1. The molecule has 3 rings (SSSR count). The maximum absolute atomic E-state index is 6.17. The van der Waals surface area contributed by atoms with Crippen molar-refractivity contribution in [3.05, 3.63) is 35.9 Å². The molecule has 0 amide bonds. The predicted molar refractivity (Wildman–Crippen MR) is 88.7 cm³/mol.